The van der Waals surface area contributed by atoms with Gasteiger partial charge in [-0.1, -0.05) is 0 Å². The normalized spacial score (nSPS) is 16.3. The smallest absolute Gasteiger partial charge is 0.159 e. The number of hydrogen-bond donors (Lipinski definition) is 1. The minimum absolute atomic E-state index is 0.218. The molecule has 0 atom stereocenters. The van der Waals surface area contributed by atoms with Crippen LogP contribution in [-0.2, 0) is 17.9 Å². The molecule has 5 heteroatoms. The van der Waals surface area contributed by atoms with Crippen molar-refractivity contribution in [2.45, 2.75) is 52.0 Å². The van der Waals surface area contributed by atoms with Gasteiger partial charge in [0.2, 0.25) is 0 Å². The molecule has 0 radical (unpaired) electrons. The Morgan fingerprint density at radius 3 is 2.60 bits per heavy atom. The van der Waals surface area contributed by atoms with E-state index < -0.39 is 0 Å². The molecule has 5 nitrogen and oxygen atoms in total. The maximum atomic E-state index is 5.62. The van der Waals surface area contributed by atoms with E-state index in [9.17, 15) is 0 Å². The molecule has 1 aliphatic rings. The molecule has 2 rings (SSSR count). The van der Waals surface area contributed by atoms with Gasteiger partial charge in [-0.25, -0.2) is 0 Å². The lowest BCUT2D eigenvalue weighted by Gasteiger charge is -2.10. The molecule has 0 bridgehead atoms. The van der Waals surface area contributed by atoms with Crippen molar-refractivity contribution in [2.75, 3.05) is 0 Å². The highest BCUT2D eigenvalue weighted by Crippen LogP contribution is 2.36. The van der Waals surface area contributed by atoms with Gasteiger partial charge in [-0.3, -0.25) is 0 Å². The predicted molar refractivity (Wildman–Crippen MR) is 56.1 cm³/mol. The third-order valence-electron chi connectivity index (χ3n) is 2.48. The Kier molecular flexibility index (Phi) is 3.02. The second-order valence-electron chi connectivity index (χ2n) is 4.20. The summed E-state index contributed by atoms with van der Waals surface area (Å²) in [6, 6.07) is 0.560. The molecule has 2 N–H and O–H groups in total. The molecule has 1 aromatic heterocycles. The third kappa shape index (κ3) is 2.35. The minimum atomic E-state index is 0.218. The summed E-state index contributed by atoms with van der Waals surface area (Å²) in [6.07, 6.45) is 2.63. The van der Waals surface area contributed by atoms with Gasteiger partial charge < -0.3 is 15.0 Å². The van der Waals surface area contributed by atoms with Crippen LogP contribution in [0, 0.1) is 0 Å². The Hall–Kier alpha value is -0.940. The minimum Gasteiger partial charge on any atom is -0.371 e. The molecule has 84 valence electrons. The zero-order valence-corrected chi connectivity index (χ0v) is 9.31. The van der Waals surface area contributed by atoms with E-state index in [0.29, 0.717) is 19.2 Å². The molecule has 0 aliphatic heterocycles. The van der Waals surface area contributed by atoms with Crippen LogP contribution in [0.2, 0.25) is 0 Å². The van der Waals surface area contributed by atoms with Gasteiger partial charge in [0.05, 0.1) is 12.6 Å². The fourth-order valence-corrected chi connectivity index (χ4v) is 1.59. The van der Waals surface area contributed by atoms with Gasteiger partial charge in [0.25, 0.3) is 0 Å². The molecule has 0 aromatic carbocycles. The lowest BCUT2D eigenvalue weighted by Crippen LogP contribution is -2.12. The number of nitrogens with zero attached hydrogens (tertiary/aromatic N) is 3. The van der Waals surface area contributed by atoms with E-state index in [1.54, 1.807) is 0 Å². The number of ether oxygens (including phenoxy) is 1. The predicted octanol–water partition coefficient (Wildman–Crippen LogP) is 0.997. The van der Waals surface area contributed by atoms with Crippen molar-refractivity contribution in [3.05, 3.63) is 11.6 Å². The van der Waals surface area contributed by atoms with Gasteiger partial charge in [-0.15, -0.1) is 10.2 Å². The standard InChI is InChI=1S/C10H18N4O/c1-7(2)15-6-10-13-12-9(5-11)14(10)8-3-4-8/h7-8H,3-6,11H2,1-2H3. The van der Waals surface area contributed by atoms with Gasteiger partial charge in [-0.2, -0.15) is 0 Å². The molecule has 0 saturated heterocycles. The van der Waals surface area contributed by atoms with Gasteiger partial charge in [-0.05, 0) is 26.7 Å². The van der Waals surface area contributed by atoms with Crippen LogP contribution in [0.1, 0.15) is 44.4 Å². The molecular formula is C10H18N4O. The Morgan fingerprint density at radius 2 is 2.07 bits per heavy atom. The Morgan fingerprint density at radius 1 is 1.40 bits per heavy atom. The van der Waals surface area contributed by atoms with Crippen molar-refractivity contribution in [3.63, 3.8) is 0 Å². The Labute approximate surface area is 89.6 Å². The fraction of sp³-hybridized carbons (Fsp3) is 0.800. The van der Waals surface area contributed by atoms with Crippen LogP contribution in [-0.4, -0.2) is 20.9 Å². The van der Waals surface area contributed by atoms with Crippen molar-refractivity contribution in [2.24, 2.45) is 5.73 Å². The summed E-state index contributed by atoms with van der Waals surface area (Å²) >= 11 is 0. The summed E-state index contributed by atoms with van der Waals surface area (Å²) in [6.45, 7) is 5.01. The highest BCUT2D eigenvalue weighted by atomic mass is 16.5. The van der Waals surface area contributed by atoms with Crippen LogP contribution in [0.4, 0.5) is 0 Å². The lowest BCUT2D eigenvalue weighted by molar-refractivity contribution is 0.0591. The highest BCUT2D eigenvalue weighted by Gasteiger charge is 2.28. The lowest BCUT2D eigenvalue weighted by atomic mass is 10.4. The van der Waals surface area contributed by atoms with Crippen molar-refractivity contribution in [3.8, 4) is 0 Å². The molecule has 0 spiro atoms. The SMILES string of the molecule is CC(C)OCc1nnc(CN)n1C1CC1. The second kappa shape index (κ2) is 4.28. The summed E-state index contributed by atoms with van der Waals surface area (Å²) < 4.78 is 7.68. The zero-order valence-electron chi connectivity index (χ0n) is 9.31. The summed E-state index contributed by atoms with van der Waals surface area (Å²) in [5.41, 5.74) is 5.62. The number of rotatable bonds is 5. The number of hydrogen-bond acceptors (Lipinski definition) is 4. The third-order valence-corrected chi connectivity index (χ3v) is 2.48. The van der Waals surface area contributed by atoms with Gasteiger partial charge >= 0.3 is 0 Å². The molecule has 1 saturated carbocycles. The summed E-state index contributed by atoms with van der Waals surface area (Å²) in [5, 5.41) is 8.21. The zero-order chi connectivity index (χ0) is 10.8. The van der Waals surface area contributed by atoms with Crippen molar-refractivity contribution in [1.29, 1.82) is 0 Å². The molecule has 0 unspecified atom stereocenters. The average Bonchev–Trinajstić information content (AvgIpc) is 2.96. The van der Waals surface area contributed by atoms with E-state index in [4.69, 9.17) is 10.5 Å². The maximum Gasteiger partial charge on any atom is 0.159 e. The summed E-state index contributed by atoms with van der Waals surface area (Å²) in [5.74, 6) is 1.78. The van der Waals surface area contributed by atoms with Gasteiger partial charge in [0, 0.05) is 6.04 Å². The van der Waals surface area contributed by atoms with Gasteiger partial charge in [0.1, 0.15) is 12.4 Å². The first-order valence-corrected chi connectivity index (χ1v) is 5.46. The quantitative estimate of drug-likeness (QED) is 0.787. The first kappa shape index (κ1) is 10.6. The van der Waals surface area contributed by atoms with E-state index in [2.05, 4.69) is 14.8 Å². The van der Waals surface area contributed by atoms with Crippen LogP contribution in [0.5, 0.6) is 0 Å². The van der Waals surface area contributed by atoms with Crippen LogP contribution in [0.3, 0.4) is 0 Å². The largest absolute Gasteiger partial charge is 0.371 e. The first-order valence-electron chi connectivity index (χ1n) is 5.46. The molecule has 1 heterocycles. The molecule has 15 heavy (non-hydrogen) atoms. The van der Waals surface area contributed by atoms with E-state index in [1.165, 1.54) is 12.8 Å². The van der Waals surface area contributed by atoms with Crippen LogP contribution < -0.4 is 5.73 Å². The van der Waals surface area contributed by atoms with Crippen LogP contribution in [0.25, 0.3) is 0 Å². The molecule has 1 aromatic rings. The topological polar surface area (TPSA) is 66.0 Å². The van der Waals surface area contributed by atoms with Gasteiger partial charge in [0.15, 0.2) is 5.82 Å². The van der Waals surface area contributed by atoms with E-state index >= 15 is 0 Å². The van der Waals surface area contributed by atoms with Crippen molar-refractivity contribution in [1.82, 2.24) is 14.8 Å². The molecule has 1 fully saturated rings. The molecule has 0 amide bonds. The second-order valence-corrected chi connectivity index (χ2v) is 4.20. The summed E-state index contributed by atoms with van der Waals surface area (Å²) in [4.78, 5) is 0. The first-order chi connectivity index (χ1) is 7.22. The van der Waals surface area contributed by atoms with Crippen molar-refractivity contribution < 1.29 is 4.74 Å². The Balaban J connectivity index is 2.11. The Bertz CT molecular complexity index is 330. The van der Waals surface area contributed by atoms with E-state index in [0.717, 1.165) is 11.6 Å². The molecule has 1 aliphatic carbocycles. The van der Waals surface area contributed by atoms with Crippen LogP contribution in [0.15, 0.2) is 0 Å². The summed E-state index contributed by atoms with van der Waals surface area (Å²) in [7, 11) is 0. The monoisotopic (exact) mass is 210 g/mol. The van der Waals surface area contributed by atoms with E-state index in [-0.39, 0.29) is 6.10 Å². The number of aromatic nitrogens is 3. The average molecular weight is 210 g/mol. The number of nitrogens with two attached hydrogens (primary N) is 1. The highest BCUT2D eigenvalue weighted by molar-refractivity contribution is 5.01. The maximum absolute atomic E-state index is 5.62. The van der Waals surface area contributed by atoms with Crippen LogP contribution >= 0.6 is 0 Å². The fourth-order valence-electron chi connectivity index (χ4n) is 1.59. The van der Waals surface area contributed by atoms with Crippen molar-refractivity contribution >= 4 is 0 Å². The molecular weight excluding hydrogens is 192 g/mol. The van der Waals surface area contributed by atoms with E-state index in [1.807, 2.05) is 13.8 Å².